The normalized spacial score (nSPS) is 18.9. The Balaban J connectivity index is 1.50. The third kappa shape index (κ3) is 5.01. The molecule has 0 aliphatic carbocycles. The van der Waals surface area contributed by atoms with Gasteiger partial charge < -0.3 is 20.7 Å². The lowest BCUT2D eigenvalue weighted by Crippen LogP contribution is -2.48. The van der Waals surface area contributed by atoms with Gasteiger partial charge in [-0.25, -0.2) is 23.7 Å². The number of halogens is 5. The Morgan fingerprint density at radius 2 is 2.08 bits per heavy atom. The van der Waals surface area contributed by atoms with Crippen molar-refractivity contribution in [3.05, 3.63) is 53.2 Å². The van der Waals surface area contributed by atoms with Gasteiger partial charge in [0.05, 0.1) is 35.9 Å². The summed E-state index contributed by atoms with van der Waals surface area (Å²) in [4.78, 5) is 34.4. The van der Waals surface area contributed by atoms with Crippen molar-refractivity contribution in [3.8, 4) is 0 Å². The number of piperidine rings is 1. The van der Waals surface area contributed by atoms with Gasteiger partial charge in [-0.05, 0) is 19.1 Å². The van der Waals surface area contributed by atoms with Gasteiger partial charge in [0.2, 0.25) is 0 Å². The molecular formula is C23H21ClF4N8O3. The third-order valence-corrected chi connectivity index (χ3v) is 6.58. The molecule has 1 unspecified atom stereocenters. The third-order valence-electron chi connectivity index (χ3n) is 6.28. The molecule has 4 aromatic rings. The summed E-state index contributed by atoms with van der Waals surface area (Å²) in [5.74, 6) is -2.74. The topological polar surface area (TPSA) is 132 Å². The maximum absolute atomic E-state index is 14.8. The standard InChI is InChI=1S/C23H21ClF4N8O3/c1-11(32-20(37)17-18(29)33-36-4-2-3-31-19(17)36)14-6-15(24)16-7-30-10-35(16)21(14)34-8-12(25)5-13(9-34)39-22(38)23(26,27)28/h2-4,6-7,10-13H,5,8-9H2,1H3,(H2,29,33)(H,32,37)/t11?,12-,13-/m1/s1. The number of nitrogens with one attached hydrogen (secondary N) is 1. The van der Waals surface area contributed by atoms with Crippen molar-refractivity contribution in [2.24, 2.45) is 0 Å². The highest BCUT2D eigenvalue weighted by Gasteiger charge is 2.44. The van der Waals surface area contributed by atoms with Gasteiger partial charge in [-0.1, -0.05) is 11.6 Å². The number of anilines is 2. The van der Waals surface area contributed by atoms with Gasteiger partial charge in [-0.2, -0.15) is 13.2 Å². The molecule has 206 valence electrons. The smallest absolute Gasteiger partial charge is 0.454 e. The highest BCUT2D eigenvalue weighted by Crippen LogP contribution is 2.35. The maximum Gasteiger partial charge on any atom is 0.490 e. The quantitative estimate of drug-likeness (QED) is 0.277. The second-order valence-electron chi connectivity index (χ2n) is 9.03. The van der Waals surface area contributed by atoms with Crippen molar-refractivity contribution in [2.45, 2.75) is 37.8 Å². The summed E-state index contributed by atoms with van der Waals surface area (Å²) in [6.07, 6.45) is -2.68. The van der Waals surface area contributed by atoms with E-state index in [0.29, 0.717) is 16.9 Å². The first-order valence-corrected chi connectivity index (χ1v) is 12.0. The molecule has 5 heterocycles. The van der Waals surface area contributed by atoms with E-state index in [1.807, 2.05) is 0 Å². The molecule has 0 spiro atoms. The minimum atomic E-state index is -5.22. The van der Waals surface area contributed by atoms with Gasteiger partial charge in [-0.15, -0.1) is 5.10 Å². The highest BCUT2D eigenvalue weighted by atomic mass is 35.5. The van der Waals surface area contributed by atoms with Crippen molar-refractivity contribution in [1.82, 2.24) is 29.3 Å². The largest absolute Gasteiger partial charge is 0.490 e. The SMILES string of the molecule is CC(NC(=O)c1c(N)nn2cccnc12)c1cc(Cl)c2cncn2c1N1C[C@H](F)C[C@@H](OC(=O)C(F)(F)F)C1. The van der Waals surface area contributed by atoms with Gasteiger partial charge in [0.1, 0.15) is 30.0 Å². The lowest BCUT2D eigenvalue weighted by molar-refractivity contribution is -0.205. The fourth-order valence-electron chi connectivity index (χ4n) is 4.65. The van der Waals surface area contributed by atoms with Crippen molar-refractivity contribution < 1.29 is 31.9 Å². The number of hydrogen-bond donors (Lipinski definition) is 2. The molecular weight excluding hydrogens is 548 g/mol. The van der Waals surface area contributed by atoms with E-state index in [-0.39, 0.29) is 35.1 Å². The Labute approximate surface area is 222 Å². The van der Waals surface area contributed by atoms with Crippen LogP contribution >= 0.6 is 11.6 Å². The first-order valence-electron chi connectivity index (χ1n) is 11.6. The molecule has 1 saturated heterocycles. The number of ether oxygens (including phenoxy) is 1. The molecule has 1 fully saturated rings. The number of esters is 1. The molecule has 39 heavy (non-hydrogen) atoms. The lowest BCUT2D eigenvalue weighted by Gasteiger charge is -2.37. The highest BCUT2D eigenvalue weighted by molar-refractivity contribution is 6.34. The molecule has 0 bridgehead atoms. The van der Waals surface area contributed by atoms with Gasteiger partial charge in [0.15, 0.2) is 11.5 Å². The van der Waals surface area contributed by atoms with Crippen molar-refractivity contribution in [2.75, 3.05) is 23.7 Å². The van der Waals surface area contributed by atoms with E-state index in [1.165, 1.54) is 32.5 Å². The average molecular weight is 569 g/mol. The number of alkyl halides is 4. The number of rotatable bonds is 5. The van der Waals surface area contributed by atoms with Crippen LogP contribution in [0.2, 0.25) is 5.02 Å². The molecule has 1 aliphatic heterocycles. The lowest BCUT2D eigenvalue weighted by atomic mass is 10.0. The Kier molecular flexibility index (Phi) is 6.70. The van der Waals surface area contributed by atoms with Crippen LogP contribution in [0, 0.1) is 0 Å². The van der Waals surface area contributed by atoms with Crippen LogP contribution in [0.4, 0.5) is 29.2 Å². The molecule has 16 heteroatoms. The van der Waals surface area contributed by atoms with Gasteiger partial charge in [0.25, 0.3) is 5.91 Å². The molecule has 3 atom stereocenters. The van der Waals surface area contributed by atoms with Crippen LogP contribution in [0.5, 0.6) is 0 Å². The summed E-state index contributed by atoms with van der Waals surface area (Å²) in [5.41, 5.74) is 7.07. The number of carbonyl (C=O) groups is 2. The molecule has 1 aliphatic rings. The minimum absolute atomic E-state index is 0.0414. The van der Waals surface area contributed by atoms with Gasteiger partial charge >= 0.3 is 12.1 Å². The van der Waals surface area contributed by atoms with Crippen LogP contribution in [0.1, 0.15) is 35.3 Å². The molecule has 0 radical (unpaired) electrons. The number of nitrogen functional groups attached to an aromatic ring is 1. The van der Waals surface area contributed by atoms with E-state index in [1.54, 1.807) is 25.3 Å². The van der Waals surface area contributed by atoms with E-state index in [2.05, 4.69) is 25.1 Å². The number of fused-ring (bicyclic) bond motifs is 2. The minimum Gasteiger partial charge on any atom is -0.454 e. The zero-order chi connectivity index (χ0) is 28.1. The maximum atomic E-state index is 14.8. The van der Waals surface area contributed by atoms with E-state index >= 15 is 0 Å². The second kappa shape index (κ2) is 9.87. The average Bonchev–Trinajstić information content (AvgIpc) is 3.47. The zero-order valence-electron chi connectivity index (χ0n) is 20.2. The summed E-state index contributed by atoms with van der Waals surface area (Å²) < 4.78 is 60.6. The number of nitrogens with zero attached hydrogens (tertiary/aromatic N) is 6. The van der Waals surface area contributed by atoms with Gasteiger partial charge in [0, 0.05) is 24.4 Å². The predicted octanol–water partition coefficient (Wildman–Crippen LogP) is 3.13. The molecule has 0 saturated carbocycles. The summed E-state index contributed by atoms with van der Waals surface area (Å²) in [7, 11) is 0. The van der Waals surface area contributed by atoms with Crippen LogP contribution in [0.15, 0.2) is 37.1 Å². The van der Waals surface area contributed by atoms with Crippen molar-refractivity contribution in [3.63, 3.8) is 0 Å². The summed E-state index contributed by atoms with van der Waals surface area (Å²) in [6.45, 7) is 1.19. The number of imidazole rings is 1. The number of carbonyl (C=O) groups excluding carboxylic acids is 2. The molecule has 1 amide bonds. The monoisotopic (exact) mass is 568 g/mol. The van der Waals surface area contributed by atoms with Gasteiger partial charge in [-0.3, -0.25) is 9.20 Å². The van der Waals surface area contributed by atoms with Crippen LogP contribution in [0.3, 0.4) is 0 Å². The van der Waals surface area contributed by atoms with E-state index in [4.69, 9.17) is 17.3 Å². The number of hydrogen-bond acceptors (Lipinski definition) is 8. The first-order chi connectivity index (χ1) is 18.4. The first kappa shape index (κ1) is 26.5. The van der Waals surface area contributed by atoms with E-state index < -0.39 is 42.8 Å². The Bertz CT molecular complexity index is 1570. The Morgan fingerprint density at radius 3 is 2.82 bits per heavy atom. The van der Waals surface area contributed by atoms with Crippen LogP contribution in [-0.2, 0) is 9.53 Å². The summed E-state index contributed by atoms with van der Waals surface area (Å²) in [5, 5.41) is 7.15. The summed E-state index contributed by atoms with van der Waals surface area (Å²) >= 11 is 6.47. The molecule has 4 aromatic heterocycles. The molecule has 0 aromatic carbocycles. The van der Waals surface area contributed by atoms with Crippen LogP contribution < -0.4 is 16.0 Å². The van der Waals surface area contributed by atoms with E-state index in [0.717, 1.165) is 0 Å². The van der Waals surface area contributed by atoms with Crippen LogP contribution in [0.25, 0.3) is 11.2 Å². The number of pyridine rings is 1. The fraction of sp³-hybridized carbons (Fsp3) is 0.348. The van der Waals surface area contributed by atoms with Crippen molar-refractivity contribution in [1.29, 1.82) is 0 Å². The fourth-order valence-corrected chi connectivity index (χ4v) is 4.90. The second-order valence-corrected chi connectivity index (χ2v) is 9.43. The molecule has 3 N–H and O–H groups in total. The number of aromatic nitrogens is 5. The number of nitrogens with two attached hydrogens (primary N) is 1. The van der Waals surface area contributed by atoms with E-state index in [9.17, 15) is 27.2 Å². The molecule has 11 nitrogen and oxygen atoms in total. The Hall–Kier alpha value is -4.14. The number of amides is 1. The predicted molar refractivity (Wildman–Crippen MR) is 131 cm³/mol. The molecule has 5 rings (SSSR count). The zero-order valence-corrected chi connectivity index (χ0v) is 20.9. The Morgan fingerprint density at radius 1 is 1.31 bits per heavy atom. The van der Waals surface area contributed by atoms with Crippen LogP contribution in [-0.4, -0.2) is 67.4 Å². The summed E-state index contributed by atoms with van der Waals surface area (Å²) in [6, 6.07) is 2.40. The van der Waals surface area contributed by atoms with Crippen molar-refractivity contribution >= 4 is 46.3 Å².